The van der Waals surface area contributed by atoms with Gasteiger partial charge in [0.15, 0.2) is 11.5 Å². The number of halogens is 1. The lowest BCUT2D eigenvalue weighted by atomic mass is 9.72. The molecule has 0 aliphatic heterocycles. The first-order valence-corrected chi connectivity index (χ1v) is 15.8. The van der Waals surface area contributed by atoms with Crippen LogP contribution in [0.15, 0.2) is 76.2 Å². The van der Waals surface area contributed by atoms with Crippen LogP contribution < -0.4 is 14.8 Å². The molecule has 43 heavy (non-hydrogen) atoms. The van der Waals surface area contributed by atoms with Crippen LogP contribution in [0.4, 0.5) is 10.7 Å². The average Bonchev–Trinajstić information content (AvgIpc) is 3.37. The summed E-state index contributed by atoms with van der Waals surface area (Å²) in [5, 5.41) is 12.8. The highest BCUT2D eigenvalue weighted by Gasteiger charge is 2.33. The van der Waals surface area contributed by atoms with Crippen LogP contribution in [-0.4, -0.2) is 19.2 Å². The maximum atomic E-state index is 13.6. The van der Waals surface area contributed by atoms with Crippen LogP contribution in [0.1, 0.15) is 64.7 Å². The highest BCUT2D eigenvalue weighted by atomic mass is 79.9. The van der Waals surface area contributed by atoms with E-state index in [1.54, 1.807) is 36.8 Å². The molecule has 4 aromatic rings. The molecule has 1 N–H and O–H groups in total. The van der Waals surface area contributed by atoms with E-state index in [9.17, 15) is 4.79 Å². The molecule has 0 bridgehead atoms. The third-order valence-electron chi connectivity index (χ3n) is 7.78. The molecule has 1 aliphatic carbocycles. The molecule has 0 saturated carbocycles. The van der Waals surface area contributed by atoms with Gasteiger partial charge < -0.3 is 14.8 Å². The second-order valence-electron chi connectivity index (χ2n) is 11.7. The number of fused-ring (bicyclic) bond motifs is 1. The molecule has 1 heterocycles. The van der Waals surface area contributed by atoms with Gasteiger partial charge in [-0.05, 0) is 99.6 Å². The number of amides is 1. The Balaban J connectivity index is 1.43. The van der Waals surface area contributed by atoms with Crippen molar-refractivity contribution in [2.45, 2.75) is 46.6 Å². The molecule has 1 atom stereocenters. The number of ether oxygens (including phenoxy) is 2. The standard InChI is InChI=1S/C35H34BrN3O3S/c1-35(2,3)25-14-15-27-30(18-25)43-34(31(27)33(40)39-26-8-6-5-7-9-26)38-20-24-16-28(36)32(29(17-24)41-4)42-21-23-12-10-22(19-37)11-13-23/h5-13,16-17,20,25H,14-15,18,21H2,1-4H3,(H,39,40)/t25-/m1/s1. The highest BCUT2D eigenvalue weighted by Crippen LogP contribution is 2.45. The summed E-state index contributed by atoms with van der Waals surface area (Å²) >= 11 is 5.26. The number of para-hydroxylation sites is 1. The van der Waals surface area contributed by atoms with Crippen molar-refractivity contribution in [1.82, 2.24) is 0 Å². The molecule has 0 spiro atoms. The molecule has 0 saturated heterocycles. The van der Waals surface area contributed by atoms with Gasteiger partial charge in [0.1, 0.15) is 11.6 Å². The van der Waals surface area contributed by atoms with Gasteiger partial charge in [-0.3, -0.25) is 4.79 Å². The molecule has 3 aromatic carbocycles. The first-order chi connectivity index (χ1) is 20.7. The molecule has 8 heteroatoms. The number of rotatable bonds is 8. The van der Waals surface area contributed by atoms with E-state index in [1.807, 2.05) is 54.6 Å². The molecule has 0 fully saturated rings. The number of benzene rings is 3. The quantitative estimate of drug-likeness (QED) is 0.192. The molecule has 6 nitrogen and oxygen atoms in total. The lowest BCUT2D eigenvalue weighted by Gasteiger charge is -2.33. The number of aliphatic imine (C=N–C) groups is 1. The van der Waals surface area contributed by atoms with Crippen molar-refractivity contribution in [3.63, 3.8) is 0 Å². The predicted octanol–water partition coefficient (Wildman–Crippen LogP) is 9.12. The largest absolute Gasteiger partial charge is 0.493 e. The van der Waals surface area contributed by atoms with Crippen LogP contribution in [0.5, 0.6) is 11.5 Å². The van der Waals surface area contributed by atoms with Gasteiger partial charge in [0, 0.05) is 16.8 Å². The third-order valence-corrected chi connectivity index (χ3v) is 9.53. The fourth-order valence-electron chi connectivity index (χ4n) is 5.27. The summed E-state index contributed by atoms with van der Waals surface area (Å²) in [5.41, 5.74) is 5.10. The summed E-state index contributed by atoms with van der Waals surface area (Å²) < 4.78 is 12.5. The van der Waals surface area contributed by atoms with Gasteiger partial charge in [-0.1, -0.05) is 51.1 Å². The van der Waals surface area contributed by atoms with Gasteiger partial charge in [0.2, 0.25) is 0 Å². The Bertz CT molecular complexity index is 1680. The number of nitrogens with zero attached hydrogens (tertiary/aromatic N) is 2. The van der Waals surface area contributed by atoms with Crippen molar-refractivity contribution >= 4 is 50.1 Å². The lowest BCUT2D eigenvalue weighted by Crippen LogP contribution is -2.27. The normalized spacial score (nSPS) is 14.7. The van der Waals surface area contributed by atoms with Gasteiger partial charge in [-0.2, -0.15) is 5.26 Å². The maximum absolute atomic E-state index is 13.6. The predicted molar refractivity (Wildman–Crippen MR) is 177 cm³/mol. The molecular formula is C35H34BrN3O3S. The van der Waals surface area contributed by atoms with E-state index in [1.165, 1.54) is 4.88 Å². The van der Waals surface area contributed by atoms with E-state index in [0.29, 0.717) is 40.2 Å². The number of thiophene rings is 1. The number of nitrogens with one attached hydrogen (secondary N) is 1. The van der Waals surface area contributed by atoms with Crippen LogP contribution >= 0.6 is 27.3 Å². The Kier molecular flexibility index (Phi) is 9.34. The number of carbonyl (C=O) groups excluding carboxylic acids is 1. The van der Waals surface area contributed by atoms with E-state index in [2.05, 4.69) is 48.1 Å². The van der Waals surface area contributed by atoms with E-state index in [0.717, 1.165) is 46.1 Å². The van der Waals surface area contributed by atoms with E-state index < -0.39 is 0 Å². The van der Waals surface area contributed by atoms with Gasteiger partial charge in [-0.15, -0.1) is 11.3 Å². The third kappa shape index (κ3) is 7.18. The number of methoxy groups -OCH3 is 1. The van der Waals surface area contributed by atoms with Crippen LogP contribution in [-0.2, 0) is 19.4 Å². The minimum absolute atomic E-state index is 0.129. The first kappa shape index (κ1) is 30.5. The minimum Gasteiger partial charge on any atom is -0.493 e. The van der Waals surface area contributed by atoms with Crippen molar-refractivity contribution < 1.29 is 14.3 Å². The zero-order valence-corrected chi connectivity index (χ0v) is 27.1. The summed E-state index contributed by atoms with van der Waals surface area (Å²) in [7, 11) is 1.60. The Labute approximate surface area is 265 Å². The van der Waals surface area contributed by atoms with E-state index in [4.69, 9.17) is 19.7 Å². The summed E-state index contributed by atoms with van der Waals surface area (Å²) in [5.74, 6) is 1.56. The Hall–Kier alpha value is -3.93. The molecule has 1 amide bonds. The topological polar surface area (TPSA) is 83.7 Å². The summed E-state index contributed by atoms with van der Waals surface area (Å²) in [6, 6.07) is 22.7. The van der Waals surface area contributed by atoms with Crippen molar-refractivity contribution in [2.24, 2.45) is 16.3 Å². The maximum Gasteiger partial charge on any atom is 0.259 e. The summed E-state index contributed by atoms with van der Waals surface area (Å²) in [6.07, 6.45) is 4.65. The van der Waals surface area contributed by atoms with Gasteiger partial charge in [-0.25, -0.2) is 4.99 Å². The van der Waals surface area contributed by atoms with Gasteiger partial charge >= 0.3 is 0 Å². The molecule has 1 aromatic heterocycles. The molecule has 0 radical (unpaired) electrons. The number of carbonyl (C=O) groups is 1. The molecule has 1 aliphatic rings. The van der Waals surface area contributed by atoms with Gasteiger partial charge in [0.05, 0.1) is 28.8 Å². The molecule has 0 unspecified atom stereocenters. The van der Waals surface area contributed by atoms with Crippen molar-refractivity contribution in [1.29, 1.82) is 5.26 Å². The Morgan fingerprint density at radius 1 is 1.16 bits per heavy atom. The number of hydrogen-bond acceptors (Lipinski definition) is 6. The molecular weight excluding hydrogens is 622 g/mol. The summed E-state index contributed by atoms with van der Waals surface area (Å²) in [4.78, 5) is 19.8. The van der Waals surface area contributed by atoms with Crippen LogP contribution in [0.25, 0.3) is 0 Å². The number of nitriles is 1. The highest BCUT2D eigenvalue weighted by molar-refractivity contribution is 9.10. The SMILES string of the molecule is COc1cc(C=Nc2sc3c(c2C(=O)Nc2ccccc2)CC[C@@H](C(C)(C)C)C3)cc(Br)c1OCc1ccc(C#N)cc1. The smallest absolute Gasteiger partial charge is 0.259 e. The Morgan fingerprint density at radius 2 is 1.91 bits per heavy atom. The molecule has 220 valence electrons. The zero-order chi connectivity index (χ0) is 30.6. The average molecular weight is 657 g/mol. The monoisotopic (exact) mass is 655 g/mol. The summed E-state index contributed by atoms with van der Waals surface area (Å²) in [6.45, 7) is 7.20. The van der Waals surface area contributed by atoms with Crippen molar-refractivity contribution in [3.05, 3.63) is 104 Å². The Morgan fingerprint density at radius 3 is 2.58 bits per heavy atom. The minimum atomic E-state index is -0.129. The van der Waals surface area contributed by atoms with Crippen molar-refractivity contribution in [2.75, 3.05) is 12.4 Å². The molecule has 5 rings (SSSR count). The van der Waals surface area contributed by atoms with Crippen LogP contribution in [0, 0.1) is 22.7 Å². The van der Waals surface area contributed by atoms with Crippen molar-refractivity contribution in [3.8, 4) is 17.6 Å². The first-order valence-electron chi connectivity index (χ1n) is 14.2. The fourth-order valence-corrected chi connectivity index (χ4v) is 7.11. The zero-order valence-electron chi connectivity index (χ0n) is 24.7. The van der Waals surface area contributed by atoms with Crippen LogP contribution in [0.2, 0.25) is 0 Å². The lowest BCUT2D eigenvalue weighted by molar-refractivity contribution is 0.102. The van der Waals surface area contributed by atoms with E-state index in [-0.39, 0.29) is 11.3 Å². The van der Waals surface area contributed by atoms with Crippen LogP contribution in [0.3, 0.4) is 0 Å². The second-order valence-corrected chi connectivity index (χ2v) is 13.6. The second kappa shape index (κ2) is 13.2. The number of hydrogen-bond donors (Lipinski definition) is 1. The fraction of sp³-hybridized carbons (Fsp3) is 0.286. The van der Waals surface area contributed by atoms with E-state index >= 15 is 0 Å². The number of anilines is 1. The van der Waals surface area contributed by atoms with Gasteiger partial charge in [0.25, 0.3) is 5.91 Å².